The number of hydrogen-bond acceptors (Lipinski definition) is 2. The summed E-state index contributed by atoms with van der Waals surface area (Å²) in [4.78, 5) is 11.7. The molecule has 88 valence electrons. The van der Waals surface area contributed by atoms with Gasteiger partial charge in [0.1, 0.15) is 0 Å². The Hall–Kier alpha value is -1.35. The topological polar surface area (TPSA) is 55.1 Å². The zero-order valence-electron chi connectivity index (χ0n) is 10.2. The molecule has 0 aliphatic carbocycles. The van der Waals surface area contributed by atoms with E-state index < -0.39 is 0 Å². The van der Waals surface area contributed by atoms with Crippen molar-refractivity contribution in [1.29, 1.82) is 0 Å². The first-order valence-corrected chi connectivity index (χ1v) is 5.49. The van der Waals surface area contributed by atoms with Crippen molar-refractivity contribution in [3.8, 4) is 0 Å². The van der Waals surface area contributed by atoms with E-state index in [1.54, 1.807) is 0 Å². The fourth-order valence-electron chi connectivity index (χ4n) is 1.36. The van der Waals surface area contributed by atoms with E-state index in [9.17, 15) is 4.79 Å². The fourth-order valence-corrected chi connectivity index (χ4v) is 1.36. The lowest BCUT2D eigenvalue weighted by atomic mass is 10.0. The standard InChI is InChI=1S/C13H20N2O/c1-10-4-6-11(7-5-10)8-12(16)15-13(2,3)9-14/h4-7H,8-9,14H2,1-3H3,(H,15,16). The van der Waals surface area contributed by atoms with Crippen molar-refractivity contribution in [3.63, 3.8) is 0 Å². The van der Waals surface area contributed by atoms with Gasteiger partial charge in [-0.25, -0.2) is 0 Å². The van der Waals surface area contributed by atoms with Gasteiger partial charge in [0, 0.05) is 12.1 Å². The van der Waals surface area contributed by atoms with Crippen molar-refractivity contribution in [2.24, 2.45) is 5.73 Å². The number of amides is 1. The third-order valence-corrected chi connectivity index (χ3v) is 2.47. The molecular weight excluding hydrogens is 200 g/mol. The number of rotatable bonds is 4. The molecule has 0 saturated heterocycles. The summed E-state index contributed by atoms with van der Waals surface area (Å²) < 4.78 is 0. The Kier molecular flexibility index (Phi) is 4.07. The average molecular weight is 220 g/mol. The van der Waals surface area contributed by atoms with Crippen LogP contribution in [-0.4, -0.2) is 18.0 Å². The normalized spacial score (nSPS) is 11.2. The van der Waals surface area contributed by atoms with Gasteiger partial charge < -0.3 is 11.1 Å². The molecule has 1 amide bonds. The predicted molar refractivity (Wildman–Crippen MR) is 66.2 cm³/mol. The van der Waals surface area contributed by atoms with Gasteiger partial charge in [0.2, 0.25) is 5.91 Å². The number of nitrogens with two attached hydrogens (primary N) is 1. The summed E-state index contributed by atoms with van der Waals surface area (Å²) >= 11 is 0. The first-order chi connectivity index (χ1) is 7.43. The second kappa shape index (κ2) is 5.12. The number of carbonyl (C=O) groups excluding carboxylic acids is 1. The van der Waals surface area contributed by atoms with Crippen molar-refractivity contribution in [2.75, 3.05) is 6.54 Å². The van der Waals surface area contributed by atoms with Crippen molar-refractivity contribution in [1.82, 2.24) is 5.32 Å². The van der Waals surface area contributed by atoms with E-state index in [1.807, 2.05) is 45.0 Å². The van der Waals surface area contributed by atoms with Crippen LogP contribution in [0.3, 0.4) is 0 Å². The molecule has 3 heteroatoms. The van der Waals surface area contributed by atoms with Gasteiger partial charge in [0.15, 0.2) is 0 Å². The van der Waals surface area contributed by atoms with Crippen LogP contribution in [0.25, 0.3) is 0 Å². The van der Waals surface area contributed by atoms with E-state index in [2.05, 4.69) is 5.32 Å². The predicted octanol–water partition coefficient (Wildman–Crippen LogP) is 1.39. The van der Waals surface area contributed by atoms with Gasteiger partial charge in [-0.1, -0.05) is 29.8 Å². The summed E-state index contributed by atoms with van der Waals surface area (Å²) in [6.07, 6.45) is 0.406. The largest absolute Gasteiger partial charge is 0.350 e. The number of hydrogen-bond donors (Lipinski definition) is 2. The Labute approximate surface area is 97.0 Å². The lowest BCUT2D eigenvalue weighted by Gasteiger charge is -2.24. The maximum absolute atomic E-state index is 11.7. The summed E-state index contributed by atoms with van der Waals surface area (Å²) in [5.74, 6) is 0.0132. The van der Waals surface area contributed by atoms with Crippen LogP contribution in [0, 0.1) is 6.92 Å². The summed E-state index contributed by atoms with van der Waals surface area (Å²) in [7, 11) is 0. The quantitative estimate of drug-likeness (QED) is 0.805. The highest BCUT2D eigenvalue weighted by atomic mass is 16.1. The number of aryl methyl sites for hydroxylation is 1. The summed E-state index contributed by atoms with van der Waals surface area (Å²) in [5, 5.41) is 2.91. The van der Waals surface area contributed by atoms with Crippen molar-refractivity contribution < 1.29 is 4.79 Å². The molecule has 0 bridgehead atoms. The third-order valence-electron chi connectivity index (χ3n) is 2.47. The molecule has 0 fully saturated rings. The monoisotopic (exact) mass is 220 g/mol. The van der Waals surface area contributed by atoms with Gasteiger partial charge >= 0.3 is 0 Å². The molecule has 16 heavy (non-hydrogen) atoms. The molecule has 0 radical (unpaired) electrons. The van der Waals surface area contributed by atoms with Crippen LogP contribution >= 0.6 is 0 Å². The van der Waals surface area contributed by atoms with Gasteiger partial charge in [0.25, 0.3) is 0 Å². The van der Waals surface area contributed by atoms with E-state index in [-0.39, 0.29) is 11.4 Å². The number of carbonyl (C=O) groups is 1. The maximum Gasteiger partial charge on any atom is 0.224 e. The molecule has 0 saturated carbocycles. The van der Waals surface area contributed by atoms with Gasteiger partial charge in [-0.05, 0) is 26.3 Å². The molecule has 0 aliphatic heterocycles. The Morgan fingerprint density at radius 3 is 2.38 bits per heavy atom. The van der Waals surface area contributed by atoms with E-state index in [0.29, 0.717) is 13.0 Å². The Balaban J connectivity index is 2.55. The van der Waals surface area contributed by atoms with Crippen LogP contribution in [0.1, 0.15) is 25.0 Å². The lowest BCUT2D eigenvalue weighted by Crippen LogP contribution is -2.49. The van der Waals surface area contributed by atoms with Crippen LogP contribution in [-0.2, 0) is 11.2 Å². The second-order valence-corrected chi connectivity index (χ2v) is 4.80. The second-order valence-electron chi connectivity index (χ2n) is 4.80. The number of nitrogens with one attached hydrogen (secondary N) is 1. The molecule has 3 nitrogen and oxygen atoms in total. The molecule has 3 N–H and O–H groups in total. The first-order valence-electron chi connectivity index (χ1n) is 5.49. The van der Waals surface area contributed by atoms with E-state index >= 15 is 0 Å². The van der Waals surface area contributed by atoms with Crippen molar-refractivity contribution in [3.05, 3.63) is 35.4 Å². The van der Waals surface area contributed by atoms with Crippen LogP contribution in [0.2, 0.25) is 0 Å². The zero-order chi connectivity index (χ0) is 12.2. The highest BCUT2D eigenvalue weighted by molar-refractivity contribution is 5.79. The summed E-state index contributed by atoms with van der Waals surface area (Å²) in [6.45, 7) is 6.30. The van der Waals surface area contributed by atoms with Crippen LogP contribution in [0.4, 0.5) is 0 Å². The maximum atomic E-state index is 11.7. The van der Waals surface area contributed by atoms with E-state index in [4.69, 9.17) is 5.73 Å². The molecule has 0 heterocycles. The molecule has 0 aromatic heterocycles. The third kappa shape index (κ3) is 4.03. The van der Waals surface area contributed by atoms with Crippen LogP contribution in [0.15, 0.2) is 24.3 Å². The molecule has 1 aromatic carbocycles. The highest BCUT2D eigenvalue weighted by Crippen LogP contribution is 2.05. The van der Waals surface area contributed by atoms with Gasteiger partial charge in [-0.3, -0.25) is 4.79 Å². The zero-order valence-corrected chi connectivity index (χ0v) is 10.2. The average Bonchev–Trinajstić information content (AvgIpc) is 2.21. The molecule has 1 aromatic rings. The lowest BCUT2D eigenvalue weighted by molar-refractivity contribution is -0.121. The molecule has 1 rings (SSSR count). The minimum Gasteiger partial charge on any atom is -0.350 e. The van der Waals surface area contributed by atoms with Crippen LogP contribution in [0.5, 0.6) is 0 Å². The molecule has 0 aliphatic rings. The van der Waals surface area contributed by atoms with Crippen molar-refractivity contribution >= 4 is 5.91 Å². The van der Waals surface area contributed by atoms with Crippen LogP contribution < -0.4 is 11.1 Å². The SMILES string of the molecule is Cc1ccc(CC(=O)NC(C)(C)CN)cc1. The van der Waals surface area contributed by atoms with Gasteiger partial charge in [0.05, 0.1) is 6.42 Å². The molecule has 0 atom stereocenters. The first kappa shape index (κ1) is 12.7. The van der Waals surface area contributed by atoms with E-state index in [1.165, 1.54) is 5.56 Å². The summed E-state index contributed by atoms with van der Waals surface area (Å²) in [6, 6.07) is 7.97. The highest BCUT2D eigenvalue weighted by Gasteiger charge is 2.17. The Morgan fingerprint density at radius 1 is 1.31 bits per heavy atom. The van der Waals surface area contributed by atoms with E-state index in [0.717, 1.165) is 5.56 Å². The molecule has 0 spiro atoms. The smallest absolute Gasteiger partial charge is 0.224 e. The Morgan fingerprint density at radius 2 is 1.88 bits per heavy atom. The fraction of sp³-hybridized carbons (Fsp3) is 0.462. The summed E-state index contributed by atoms with van der Waals surface area (Å²) in [5.41, 5.74) is 7.45. The number of benzene rings is 1. The van der Waals surface area contributed by atoms with Gasteiger partial charge in [-0.2, -0.15) is 0 Å². The minimum absolute atomic E-state index is 0.0132. The van der Waals surface area contributed by atoms with Gasteiger partial charge in [-0.15, -0.1) is 0 Å². The van der Waals surface area contributed by atoms with Crippen molar-refractivity contribution in [2.45, 2.75) is 32.7 Å². The molecule has 0 unspecified atom stereocenters. The molecular formula is C13H20N2O. The minimum atomic E-state index is -0.332. The Bertz CT molecular complexity index is 355.